The van der Waals surface area contributed by atoms with E-state index in [1.807, 2.05) is 54.7 Å². The van der Waals surface area contributed by atoms with E-state index in [0.29, 0.717) is 24.7 Å². The van der Waals surface area contributed by atoms with E-state index in [-0.39, 0.29) is 6.04 Å². The van der Waals surface area contributed by atoms with Gasteiger partial charge in [0.25, 0.3) is 0 Å². The minimum atomic E-state index is -4.46. The van der Waals surface area contributed by atoms with E-state index >= 15 is 0 Å². The fourth-order valence-electron chi connectivity index (χ4n) is 6.32. The largest absolute Gasteiger partial charge is 0.435 e. The summed E-state index contributed by atoms with van der Waals surface area (Å²) in [6.07, 6.45) is 0.723. The number of rotatable bonds is 11. The second-order valence-electron chi connectivity index (χ2n) is 12.2. The van der Waals surface area contributed by atoms with E-state index in [1.54, 1.807) is 0 Å². The molecule has 7 nitrogen and oxygen atoms in total. The molecule has 0 radical (unpaired) electrons. The third kappa shape index (κ3) is 7.48. The third-order valence-corrected chi connectivity index (χ3v) is 9.84. The molecule has 0 aliphatic heterocycles. The van der Waals surface area contributed by atoms with Crippen LogP contribution in [0.1, 0.15) is 58.3 Å². The number of nitrogens with one attached hydrogen (secondary N) is 2. The second kappa shape index (κ2) is 14.0. The van der Waals surface area contributed by atoms with Crippen molar-refractivity contribution >= 4 is 22.8 Å². The summed E-state index contributed by atoms with van der Waals surface area (Å²) in [6.45, 7) is 2.88. The monoisotopic (exact) mass is 667 g/mol. The molecule has 1 aliphatic rings. The van der Waals surface area contributed by atoms with E-state index in [2.05, 4.69) is 56.7 Å². The van der Waals surface area contributed by atoms with Crippen molar-refractivity contribution in [2.45, 2.75) is 67.6 Å². The summed E-state index contributed by atoms with van der Waals surface area (Å²) >= 11 is 1.26. The highest BCUT2D eigenvalue weighted by Gasteiger charge is 2.34. The predicted octanol–water partition coefficient (Wildman–Crippen LogP) is 8.23. The van der Waals surface area contributed by atoms with Gasteiger partial charge in [0.15, 0.2) is 5.69 Å². The van der Waals surface area contributed by atoms with Gasteiger partial charge >= 0.3 is 6.18 Å². The Bertz CT molecular complexity index is 1950. The molecule has 3 heterocycles. The molecule has 3 aromatic carbocycles. The van der Waals surface area contributed by atoms with Gasteiger partial charge in [0.05, 0.1) is 34.3 Å². The minimum absolute atomic E-state index is 0.218. The van der Waals surface area contributed by atoms with E-state index in [1.165, 1.54) is 45.9 Å². The minimum Gasteiger partial charge on any atom is -0.341 e. The Kier molecular flexibility index (Phi) is 9.34. The zero-order valence-corrected chi connectivity index (χ0v) is 27.4. The van der Waals surface area contributed by atoms with Crippen LogP contribution in [0.4, 0.5) is 13.2 Å². The van der Waals surface area contributed by atoms with Gasteiger partial charge in [-0.2, -0.15) is 18.3 Å². The summed E-state index contributed by atoms with van der Waals surface area (Å²) in [7, 11) is 1.52. The van der Waals surface area contributed by atoms with Crippen molar-refractivity contribution in [3.8, 4) is 0 Å². The molecular formula is C37H36F3N7S. The summed E-state index contributed by atoms with van der Waals surface area (Å²) in [5.41, 5.74) is 7.19. The number of para-hydroxylation sites is 2. The molecule has 1 aliphatic carbocycles. The molecule has 0 bridgehead atoms. The van der Waals surface area contributed by atoms with Crippen molar-refractivity contribution in [3.05, 3.63) is 137 Å². The number of hydrogen-bond acceptors (Lipinski definition) is 6. The molecule has 48 heavy (non-hydrogen) atoms. The summed E-state index contributed by atoms with van der Waals surface area (Å²) in [6, 6.07) is 30.3. The molecule has 0 fully saturated rings. The van der Waals surface area contributed by atoms with Crippen LogP contribution in [0.5, 0.6) is 0 Å². The number of alkyl halides is 3. The number of halogens is 3. The van der Waals surface area contributed by atoms with E-state index in [4.69, 9.17) is 9.97 Å². The van der Waals surface area contributed by atoms with Gasteiger partial charge in [-0.1, -0.05) is 66.4 Å². The number of imidazole rings is 1. The van der Waals surface area contributed by atoms with Crippen molar-refractivity contribution in [1.82, 2.24) is 34.9 Å². The van der Waals surface area contributed by atoms with Crippen molar-refractivity contribution in [3.63, 3.8) is 0 Å². The number of aromatic amines is 1. The van der Waals surface area contributed by atoms with Crippen molar-refractivity contribution in [2.75, 3.05) is 0 Å². The lowest BCUT2D eigenvalue weighted by molar-refractivity contribution is -0.141. The maximum Gasteiger partial charge on any atom is 0.435 e. The van der Waals surface area contributed by atoms with Crippen molar-refractivity contribution in [1.29, 1.82) is 0 Å². The highest BCUT2D eigenvalue weighted by Crippen LogP contribution is 2.36. The quantitative estimate of drug-likeness (QED) is 0.145. The number of aryl methyl sites for hydroxylation is 2. The Morgan fingerprint density at radius 3 is 2.38 bits per heavy atom. The number of benzene rings is 3. The zero-order valence-electron chi connectivity index (χ0n) is 26.5. The molecule has 0 amide bonds. The Morgan fingerprint density at radius 1 is 0.917 bits per heavy atom. The van der Waals surface area contributed by atoms with Gasteiger partial charge in [0.2, 0.25) is 0 Å². The number of H-pyrrole nitrogens is 1. The maximum absolute atomic E-state index is 13.0. The Morgan fingerprint density at radius 2 is 1.65 bits per heavy atom. The number of pyridine rings is 1. The van der Waals surface area contributed by atoms with E-state index in [0.717, 1.165) is 59.2 Å². The molecule has 246 valence electrons. The molecule has 0 saturated heterocycles. The summed E-state index contributed by atoms with van der Waals surface area (Å²) in [5.74, 6) is 0.958. The lowest BCUT2D eigenvalue weighted by Crippen LogP contribution is -2.31. The lowest BCUT2D eigenvalue weighted by atomic mass is 9.90. The van der Waals surface area contributed by atoms with Crippen LogP contribution in [0, 0.1) is 0 Å². The predicted molar refractivity (Wildman–Crippen MR) is 181 cm³/mol. The SMILES string of the molecule is Cn1nc(C(F)(F)F)cc1Sc1ccc(CNCc2ccc(CN(Cc3nc4ccccc4[nH]3)C3CCCc4cccnc43)cc2)cc1. The van der Waals surface area contributed by atoms with Crippen LogP contribution in [0.15, 0.2) is 107 Å². The van der Waals surface area contributed by atoms with Crippen LogP contribution in [-0.4, -0.2) is 29.6 Å². The van der Waals surface area contributed by atoms with Gasteiger partial charge in [0, 0.05) is 43.8 Å². The number of nitrogens with zero attached hydrogens (tertiary/aromatic N) is 5. The van der Waals surface area contributed by atoms with E-state index in [9.17, 15) is 13.2 Å². The first-order valence-corrected chi connectivity index (χ1v) is 16.9. The number of fused-ring (bicyclic) bond motifs is 2. The van der Waals surface area contributed by atoms with Crippen LogP contribution in [0.25, 0.3) is 11.0 Å². The lowest BCUT2D eigenvalue weighted by Gasteiger charge is -2.34. The molecule has 7 rings (SSSR count). The van der Waals surface area contributed by atoms with Gasteiger partial charge in [-0.05, 0) is 71.8 Å². The normalized spacial score (nSPS) is 14.9. The summed E-state index contributed by atoms with van der Waals surface area (Å²) < 4.78 is 40.3. The molecule has 0 saturated carbocycles. The Balaban J connectivity index is 0.973. The van der Waals surface area contributed by atoms with Gasteiger partial charge in [-0.3, -0.25) is 14.6 Å². The van der Waals surface area contributed by atoms with Crippen molar-refractivity contribution < 1.29 is 13.2 Å². The van der Waals surface area contributed by atoms with Crippen LogP contribution < -0.4 is 5.32 Å². The average molecular weight is 668 g/mol. The van der Waals surface area contributed by atoms with Crippen LogP contribution >= 0.6 is 11.8 Å². The second-order valence-corrected chi connectivity index (χ2v) is 13.3. The van der Waals surface area contributed by atoms with Crippen LogP contribution in [0.2, 0.25) is 0 Å². The Hall–Kier alpha value is -4.45. The maximum atomic E-state index is 13.0. The molecular weight excluding hydrogens is 632 g/mol. The van der Waals surface area contributed by atoms with Gasteiger partial charge in [-0.25, -0.2) is 4.98 Å². The summed E-state index contributed by atoms with van der Waals surface area (Å²) in [4.78, 5) is 16.6. The van der Waals surface area contributed by atoms with E-state index < -0.39 is 11.9 Å². The third-order valence-electron chi connectivity index (χ3n) is 8.74. The highest BCUT2D eigenvalue weighted by atomic mass is 32.2. The first kappa shape index (κ1) is 32.1. The molecule has 6 aromatic rings. The van der Waals surface area contributed by atoms with Crippen LogP contribution in [-0.2, 0) is 45.8 Å². The van der Waals surface area contributed by atoms with Crippen LogP contribution in [0.3, 0.4) is 0 Å². The first-order chi connectivity index (χ1) is 23.3. The fourth-order valence-corrected chi connectivity index (χ4v) is 7.18. The zero-order chi connectivity index (χ0) is 33.1. The molecule has 3 aromatic heterocycles. The fraction of sp³-hybridized carbons (Fsp3) is 0.270. The van der Waals surface area contributed by atoms with Crippen molar-refractivity contribution in [2.24, 2.45) is 7.05 Å². The molecule has 1 unspecified atom stereocenters. The van der Waals surface area contributed by atoms with Gasteiger partial charge in [-0.15, -0.1) is 0 Å². The summed E-state index contributed by atoms with van der Waals surface area (Å²) in [5, 5.41) is 7.54. The van der Waals surface area contributed by atoms with Gasteiger partial charge < -0.3 is 10.3 Å². The Labute approximate surface area is 281 Å². The van der Waals surface area contributed by atoms with Gasteiger partial charge in [0.1, 0.15) is 5.82 Å². The standard InChI is InChI=1S/C37H36F3N7S/c1-46-35(20-33(45-46)37(38,39)40)48-29-17-15-26(16-18-29)22-41-21-25-11-13-27(14-12-25)23-47(24-34-43-30-8-2-3-9-31(30)44-34)32-10-4-6-28-7-5-19-42-36(28)32/h2-3,5,7-9,11-20,32,41H,4,6,10,21-24H2,1H3,(H,43,44). The molecule has 2 N–H and O–H groups in total. The highest BCUT2D eigenvalue weighted by molar-refractivity contribution is 7.99. The number of aromatic nitrogens is 5. The average Bonchev–Trinajstić information content (AvgIpc) is 3.68. The smallest absolute Gasteiger partial charge is 0.341 e. The molecule has 1 atom stereocenters. The number of hydrogen-bond donors (Lipinski definition) is 2. The topological polar surface area (TPSA) is 74.7 Å². The molecule has 11 heteroatoms. The molecule has 0 spiro atoms. The first-order valence-electron chi connectivity index (χ1n) is 16.1.